The Morgan fingerprint density at radius 1 is 1.35 bits per heavy atom. The zero-order valence-electron chi connectivity index (χ0n) is 12.7. The van der Waals surface area contributed by atoms with E-state index >= 15 is 0 Å². The first-order valence-electron chi connectivity index (χ1n) is 7.53. The lowest BCUT2D eigenvalue weighted by Crippen LogP contribution is -2.34. The molecule has 1 aliphatic rings. The minimum absolute atomic E-state index is 0.0120. The number of amides is 1. The van der Waals surface area contributed by atoms with Gasteiger partial charge >= 0.3 is 0 Å². The van der Waals surface area contributed by atoms with E-state index in [2.05, 4.69) is 33.4 Å². The molecule has 0 spiro atoms. The second-order valence-electron chi connectivity index (χ2n) is 5.74. The van der Waals surface area contributed by atoms with Gasteiger partial charge in [-0.25, -0.2) is 0 Å². The number of carbonyl (C=O) groups excluding carboxylic acids is 1. The van der Waals surface area contributed by atoms with Crippen molar-refractivity contribution in [2.24, 2.45) is 0 Å². The fraction of sp³-hybridized carbons (Fsp3) is 0.278. The molecule has 1 unspecified atom stereocenters. The molecule has 0 radical (unpaired) electrons. The molecule has 5 heteroatoms. The molecule has 1 amide bonds. The van der Waals surface area contributed by atoms with Crippen molar-refractivity contribution in [1.29, 1.82) is 0 Å². The lowest BCUT2D eigenvalue weighted by Gasteiger charge is -2.15. The van der Waals surface area contributed by atoms with Crippen molar-refractivity contribution in [3.63, 3.8) is 0 Å². The van der Waals surface area contributed by atoms with Crippen molar-refractivity contribution < 1.29 is 9.53 Å². The summed E-state index contributed by atoms with van der Waals surface area (Å²) >= 11 is 9.47. The van der Waals surface area contributed by atoms with Crippen LogP contribution in [0.4, 0.5) is 0 Å². The number of carbonyl (C=O) groups is 1. The van der Waals surface area contributed by atoms with Crippen LogP contribution in [0.25, 0.3) is 0 Å². The minimum atomic E-state index is -0.159. The molecule has 23 heavy (non-hydrogen) atoms. The average Bonchev–Trinajstić information content (AvgIpc) is 2.97. The Balaban J connectivity index is 1.66. The Hall–Kier alpha value is -1.52. The first kappa shape index (κ1) is 16.3. The lowest BCUT2D eigenvalue weighted by molar-refractivity contribution is 0.0940. The standard InChI is InChI=1S/C18H17BrClNO2/c1-11(8-12-2-5-17-13(9-12)6-7-23-17)21-18(22)15-10-14(19)3-4-16(15)20/h2-5,9-11H,6-8H2,1H3,(H,21,22). The smallest absolute Gasteiger partial charge is 0.253 e. The van der Waals surface area contributed by atoms with Crippen LogP contribution in [0.1, 0.15) is 28.4 Å². The number of hydrogen-bond acceptors (Lipinski definition) is 2. The van der Waals surface area contributed by atoms with Crippen LogP contribution in [0, 0.1) is 0 Å². The van der Waals surface area contributed by atoms with Crippen molar-refractivity contribution in [3.8, 4) is 5.75 Å². The summed E-state index contributed by atoms with van der Waals surface area (Å²) in [5.74, 6) is 0.819. The summed E-state index contributed by atoms with van der Waals surface area (Å²) in [5.41, 5.74) is 2.92. The maximum atomic E-state index is 12.4. The van der Waals surface area contributed by atoms with E-state index in [9.17, 15) is 4.79 Å². The minimum Gasteiger partial charge on any atom is -0.493 e. The van der Waals surface area contributed by atoms with Gasteiger partial charge in [-0.05, 0) is 48.7 Å². The Bertz CT molecular complexity index is 748. The van der Waals surface area contributed by atoms with Crippen molar-refractivity contribution in [2.45, 2.75) is 25.8 Å². The van der Waals surface area contributed by atoms with Gasteiger partial charge in [-0.2, -0.15) is 0 Å². The van der Waals surface area contributed by atoms with Gasteiger partial charge in [0.15, 0.2) is 0 Å². The summed E-state index contributed by atoms with van der Waals surface area (Å²) in [6, 6.07) is 11.5. The van der Waals surface area contributed by atoms with E-state index in [0.717, 1.165) is 29.7 Å². The van der Waals surface area contributed by atoms with E-state index in [-0.39, 0.29) is 11.9 Å². The van der Waals surface area contributed by atoms with Crippen LogP contribution >= 0.6 is 27.5 Å². The van der Waals surface area contributed by atoms with Crippen LogP contribution in [-0.4, -0.2) is 18.6 Å². The zero-order chi connectivity index (χ0) is 16.4. The fourth-order valence-electron chi connectivity index (χ4n) is 2.74. The topological polar surface area (TPSA) is 38.3 Å². The molecule has 0 saturated carbocycles. The SMILES string of the molecule is CC(Cc1ccc2c(c1)CCO2)NC(=O)c1cc(Br)ccc1Cl. The van der Waals surface area contributed by atoms with Crippen molar-refractivity contribution in [2.75, 3.05) is 6.61 Å². The zero-order valence-corrected chi connectivity index (χ0v) is 15.1. The van der Waals surface area contributed by atoms with Crippen LogP contribution in [-0.2, 0) is 12.8 Å². The second-order valence-corrected chi connectivity index (χ2v) is 7.07. The molecule has 0 bridgehead atoms. The number of nitrogens with one attached hydrogen (secondary N) is 1. The largest absolute Gasteiger partial charge is 0.493 e. The second kappa shape index (κ2) is 6.93. The maximum Gasteiger partial charge on any atom is 0.253 e. The molecule has 3 nitrogen and oxygen atoms in total. The Morgan fingerprint density at radius 2 is 2.17 bits per heavy atom. The van der Waals surface area contributed by atoms with Crippen LogP contribution < -0.4 is 10.1 Å². The maximum absolute atomic E-state index is 12.4. The molecule has 0 aliphatic carbocycles. The van der Waals surface area contributed by atoms with Crippen molar-refractivity contribution in [3.05, 3.63) is 62.6 Å². The van der Waals surface area contributed by atoms with Crippen LogP contribution in [0.3, 0.4) is 0 Å². The molecule has 1 aliphatic heterocycles. The predicted octanol–water partition coefficient (Wildman–Crippen LogP) is 4.40. The molecule has 1 atom stereocenters. The average molecular weight is 395 g/mol. The van der Waals surface area contributed by atoms with Gasteiger partial charge in [-0.3, -0.25) is 4.79 Å². The van der Waals surface area contributed by atoms with E-state index in [1.54, 1.807) is 12.1 Å². The van der Waals surface area contributed by atoms with Crippen LogP contribution in [0.15, 0.2) is 40.9 Å². The van der Waals surface area contributed by atoms with Gasteiger partial charge in [-0.1, -0.05) is 39.7 Å². The first-order chi connectivity index (χ1) is 11.0. The molecule has 0 aromatic heterocycles. The molecular formula is C18H17BrClNO2. The third-order valence-electron chi connectivity index (χ3n) is 3.85. The summed E-state index contributed by atoms with van der Waals surface area (Å²) in [6.45, 7) is 2.75. The van der Waals surface area contributed by atoms with Crippen molar-refractivity contribution >= 4 is 33.4 Å². The monoisotopic (exact) mass is 393 g/mol. The summed E-state index contributed by atoms with van der Waals surface area (Å²) in [5, 5.41) is 3.46. The normalized spacial score (nSPS) is 14.0. The molecule has 1 N–H and O–H groups in total. The third-order valence-corrected chi connectivity index (χ3v) is 4.67. The Kier molecular flexibility index (Phi) is 4.93. The number of fused-ring (bicyclic) bond motifs is 1. The lowest BCUT2D eigenvalue weighted by atomic mass is 10.0. The highest BCUT2D eigenvalue weighted by Gasteiger charge is 2.16. The van der Waals surface area contributed by atoms with E-state index in [1.165, 1.54) is 11.1 Å². The van der Waals surface area contributed by atoms with Gasteiger partial charge in [-0.15, -0.1) is 0 Å². The predicted molar refractivity (Wildman–Crippen MR) is 95.4 cm³/mol. The van der Waals surface area contributed by atoms with Gasteiger partial charge in [0, 0.05) is 16.9 Å². The van der Waals surface area contributed by atoms with Gasteiger partial charge in [0.05, 0.1) is 17.2 Å². The molecule has 0 fully saturated rings. The van der Waals surface area contributed by atoms with E-state index < -0.39 is 0 Å². The molecule has 0 saturated heterocycles. The van der Waals surface area contributed by atoms with Gasteiger partial charge in [0.1, 0.15) is 5.75 Å². The summed E-state index contributed by atoms with van der Waals surface area (Å²) in [4.78, 5) is 12.4. The highest BCUT2D eigenvalue weighted by Crippen LogP contribution is 2.26. The summed E-state index contributed by atoms with van der Waals surface area (Å²) in [7, 11) is 0. The quantitative estimate of drug-likeness (QED) is 0.835. The third kappa shape index (κ3) is 3.88. The van der Waals surface area contributed by atoms with E-state index in [1.807, 2.05) is 19.1 Å². The van der Waals surface area contributed by atoms with E-state index in [0.29, 0.717) is 10.6 Å². The molecular weight excluding hydrogens is 378 g/mol. The summed E-state index contributed by atoms with van der Waals surface area (Å²) < 4.78 is 6.35. The number of hydrogen-bond donors (Lipinski definition) is 1. The van der Waals surface area contributed by atoms with Crippen LogP contribution in [0.2, 0.25) is 5.02 Å². The van der Waals surface area contributed by atoms with Crippen LogP contribution in [0.5, 0.6) is 5.75 Å². The molecule has 2 aromatic carbocycles. The molecule has 1 heterocycles. The first-order valence-corrected chi connectivity index (χ1v) is 8.70. The van der Waals surface area contributed by atoms with Crippen molar-refractivity contribution in [1.82, 2.24) is 5.32 Å². The number of ether oxygens (including phenoxy) is 1. The van der Waals surface area contributed by atoms with Gasteiger partial charge in [0.2, 0.25) is 0 Å². The molecule has 2 aromatic rings. The number of benzene rings is 2. The number of rotatable bonds is 4. The van der Waals surface area contributed by atoms with E-state index in [4.69, 9.17) is 16.3 Å². The Labute approximate surface area is 149 Å². The number of halogens is 2. The van der Waals surface area contributed by atoms with Gasteiger partial charge < -0.3 is 10.1 Å². The fourth-order valence-corrected chi connectivity index (χ4v) is 3.31. The highest BCUT2D eigenvalue weighted by molar-refractivity contribution is 9.10. The summed E-state index contributed by atoms with van der Waals surface area (Å²) in [6.07, 6.45) is 1.72. The highest BCUT2D eigenvalue weighted by atomic mass is 79.9. The Morgan fingerprint density at radius 3 is 3.00 bits per heavy atom. The van der Waals surface area contributed by atoms with Gasteiger partial charge in [0.25, 0.3) is 5.91 Å². The molecule has 120 valence electrons. The molecule has 3 rings (SSSR count).